The first-order valence-electron chi connectivity index (χ1n) is 8.43. The average molecular weight is 333 g/mol. The van der Waals surface area contributed by atoms with Crippen LogP contribution in [0.1, 0.15) is 24.2 Å². The second-order valence-electron chi connectivity index (χ2n) is 6.30. The molecule has 1 aliphatic rings. The van der Waals surface area contributed by atoms with Crippen molar-refractivity contribution in [2.45, 2.75) is 25.8 Å². The molecule has 0 unspecified atom stereocenters. The van der Waals surface area contributed by atoms with Crippen LogP contribution in [0.3, 0.4) is 0 Å². The van der Waals surface area contributed by atoms with E-state index in [9.17, 15) is 0 Å². The molecule has 126 valence electrons. The normalized spacial score (nSPS) is 15.3. The number of aromatic nitrogens is 4. The highest BCUT2D eigenvalue weighted by molar-refractivity contribution is 5.50. The topological polar surface area (TPSA) is 82.1 Å². The molecule has 1 saturated heterocycles. The summed E-state index contributed by atoms with van der Waals surface area (Å²) >= 11 is 0. The standard InChI is InChI=1S/C18H19N7/c1-13-21-22-18-7-6-17(23-25(13)18)20-15-8-10-24(11-9-15)16-4-2-14(12-19)3-5-16/h2-7,15H,8-11H2,1H3,(H,20,23). The molecule has 0 atom stereocenters. The van der Waals surface area contributed by atoms with Gasteiger partial charge in [0.25, 0.3) is 0 Å². The van der Waals surface area contributed by atoms with Crippen molar-refractivity contribution in [3.63, 3.8) is 0 Å². The van der Waals surface area contributed by atoms with E-state index < -0.39 is 0 Å². The van der Waals surface area contributed by atoms with Crippen LogP contribution < -0.4 is 10.2 Å². The molecular formula is C18H19N7. The van der Waals surface area contributed by atoms with Gasteiger partial charge in [0.1, 0.15) is 5.82 Å². The summed E-state index contributed by atoms with van der Waals surface area (Å²) in [6.07, 6.45) is 2.09. The highest BCUT2D eigenvalue weighted by atomic mass is 15.4. The lowest BCUT2D eigenvalue weighted by molar-refractivity contribution is 0.524. The first-order valence-corrected chi connectivity index (χ1v) is 8.43. The summed E-state index contributed by atoms with van der Waals surface area (Å²) in [7, 11) is 0. The van der Waals surface area contributed by atoms with E-state index in [0.717, 1.165) is 43.2 Å². The molecule has 0 radical (unpaired) electrons. The highest BCUT2D eigenvalue weighted by Gasteiger charge is 2.20. The largest absolute Gasteiger partial charge is 0.371 e. The van der Waals surface area contributed by atoms with E-state index in [1.165, 1.54) is 5.69 Å². The van der Waals surface area contributed by atoms with E-state index in [-0.39, 0.29) is 0 Å². The molecule has 0 aliphatic carbocycles. The Bertz CT molecular complexity index is 915. The number of piperidine rings is 1. The fourth-order valence-electron chi connectivity index (χ4n) is 3.21. The molecular weight excluding hydrogens is 314 g/mol. The van der Waals surface area contributed by atoms with Crippen LogP contribution in [-0.4, -0.2) is 38.9 Å². The molecule has 4 rings (SSSR count). The number of nitriles is 1. The van der Waals surface area contributed by atoms with Crippen LogP contribution in [0.15, 0.2) is 36.4 Å². The number of hydrogen-bond acceptors (Lipinski definition) is 6. The minimum Gasteiger partial charge on any atom is -0.371 e. The number of benzene rings is 1. The smallest absolute Gasteiger partial charge is 0.178 e. The second kappa shape index (κ2) is 6.40. The lowest BCUT2D eigenvalue weighted by Gasteiger charge is -2.34. The van der Waals surface area contributed by atoms with Crippen molar-refractivity contribution in [2.24, 2.45) is 0 Å². The third-order valence-corrected chi connectivity index (χ3v) is 4.63. The predicted molar refractivity (Wildman–Crippen MR) is 95.5 cm³/mol. The SMILES string of the molecule is Cc1nnc2ccc(NC3CCN(c4ccc(C#N)cc4)CC3)nn12. The monoisotopic (exact) mass is 333 g/mol. The molecule has 0 bridgehead atoms. The van der Waals surface area contributed by atoms with E-state index in [1.54, 1.807) is 4.52 Å². The van der Waals surface area contributed by atoms with Crippen molar-refractivity contribution >= 4 is 17.2 Å². The molecule has 1 fully saturated rings. The highest BCUT2D eigenvalue weighted by Crippen LogP contribution is 2.22. The third-order valence-electron chi connectivity index (χ3n) is 4.63. The van der Waals surface area contributed by atoms with Gasteiger partial charge in [-0.05, 0) is 56.2 Å². The van der Waals surface area contributed by atoms with E-state index in [1.807, 2.05) is 43.3 Å². The Hall–Kier alpha value is -3.14. The van der Waals surface area contributed by atoms with Gasteiger partial charge in [0.05, 0.1) is 11.6 Å². The van der Waals surface area contributed by atoms with Crippen molar-refractivity contribution in [1.82, 2.24) is 19.8 Å². The molecule has 0 amide bonds. The van der Waals surface area contributed by atoms with Gasteiger partial charge >= 0.3 is 0 Å². The molecule has 0 saturated carbocycles. The molecule has 3 aromatic rings. The fraction of sp³-hybridized carbons (Fsp3) is 0.333. The number of aryl methyl sites for hydroxylation is 1. The molecule has 25 heavy (non-hydrogen) atoms. The van der Waals surface area contributed by atoms with Crippen LogP contribution in [0.25, 0.3) is 5.65 Å². The molecule has 7 nitrogen and oxygen atoms in total. The molecule has 1 aliphatic heterocycles. The predicted octanol–water partition coefficient (Wildman–Crippen LogP) is 2.39. The van der Waals surface area contributed by atoms with Gasteiger partial charge in [-0.3, -0.25) is 0 Å². The zero-order chi connectivity index (χ0) is 17.2. The first kappa shape index (κ1) is 15.4. The van der Waals surface area contributed by atoms with Crippen LogP contribution in [0.2, 0.25) is 0 Å². The molecule has 2 aromatic heterocycles. The van der Waals surface area contributed by atoms with Crippen molar-refractivity contribution in [1.29, 1.82) is 5.26 Å². The lowest BCUT2D eigenvalue weighted by atomic mass is 10.0. The van der Waals surface area contributed by atoms with Crippen molar-refractivity contribution < 1.29 is 0 Å². The summed E-state index contributed by atoms with van der Waals surface area (Å²) in [5.74, 6) is 1.64. The van der Waals surface area contributed by atoms with E-state index in [4.69, 9.17) is 5.26 Å². The van der Waals surface area contributed by atoms with Gasteiger partial charge in [-0.15, -0.1) is 15.3 Å². The number of nitrogens with one attached hydrogen (secondary N) is 1. The minimum absolute atomic E-state index is 0.399. The average Bonchev–Trinajstić information content (AvgIpc) is 3.03. The third kappa shape index (κ3) is 3.11. The molecule has 1 N–H and O–H groups in total. The summed E-state index contributed by atoms with van der Waals surface area (Å²) in [5.41, 5.74) is 2.64. The van der Waals surface area contributed by atoms with Crippen LogP contribution in [-0.2, 0) is 0 Å². The lowest BCUT2D eigenvalue weighted by Crippen LogP contribution is -2.39. The Kier molecular flexibility index (Phi) is 3.94. The molecule has 3 heterocycles. The van der Waals surface area contributed by atoms with Crippen molar-refractivity contribution in [3.05, 3.63) is 47.8 Å². The number of hydrogen-bond donors (Lipinski definition) is 1. The fourth-order valence-corrected chi connectivity index (χ4v) is 3.21. The van der Waals surface area contributed by atoms with Crippen LogP contribution in [0.4, 0.5) is 11.5 Å². The summed E-state index contributed by atoms with van der Waals surface area (Å²) in [6.45, 7) is 3.86. The van der Waals surface area contributed by atoms with E-state index >= 15 is 0 Å². The van der Waals surface area contributed by atoms with Crippen LogP contribution in [0.5, 0.6) is 0 Å². The number of fused-ring (bicyclic) bond motifs is 1. The maximum absolute atomic E-state index is 8.90. The van der Waals surface area contributed by atoms with Gasteiger partial charge in [0, 0.05) is 24.8 Å². The zero-order valence-corrected chi connectivity index (χ0v) is 14.1. The Morgan fingerprint density at radius 1 is 1.08 bits per heavy atom. The summed E-state index contributed by atoms with van der Waals surface area (Å²) < 4.78 is 1.76. The van der Waals surface area contributed by atoms with Gasteiger partial charge < -0.3 is 10.2 Å². The van der Waals surface area contributed by atoms with Gasteiger partial charge in [0.15, 0.2) is 11.5 Å². The Balaban J connectivity index is 1.39. The number of nitrogens with zero attached hydrogens (tertiary/aromatic N) is 6. The van der Waals surface area contributed by atoms with Gasteiger partial charge in [-0.1, -0.05) is 0 Å². The minimum atomic E-state index is 0.399. The van der Waals surface area contributed by atoms with E-state index in [0.29, 0.717) is 11.6 Å². The van der Waals surface area contributed by atoms with Crippen LogP contribution >= 0.6 is 0 Å². The van der Waals surface area contributed by atoms with Crippen molar-refractivity contribution in [2.75, 3.05) is 23.3 Å². The van der Waals surface area contributed by atoms with Crippen LogP contribution in [0, 0.1) is 18.3 Å². The zero-order valence-electron chi connectivity index (χ0n) is 14.1. The summed E-state index contributed by atoms with van der Waals surface area (Å²) in [4.78, 5) is 2.36. The maximum atomic E-state index is 8.90. The Morgan fingerprint density at radius 3 is 2.56 bits per heavy atom. The van der Waals surface area contributed by atoms with E-state index in [2.05, 4.69) is 31.6 Å². The first-order chi connectivity index (χ1) is 12.2. The summed E-state index contributed by atoms with van der Waals surface area (Å²) in [5, 5.41) is 25.1. The number of rotatable bonds is 3. The molecule has 7 heteroatoms. The quantitative estimate of drug-likeness (QED) is 0.792. The van der Waals surface area contributed by atoms with Gasteiger partial charge in [0.2, 0.25) is 0 Å². The molecule has 0 spiro atoms. The Morgan fingerprint density at radius 2 is 1.84 bits per heavy atom. The van der Waals surface area contributed by atoms with Gasteiger partial charge in [-0.25, -0.2) is 0 Å². The number of anilines is 2. The molecule has 1 aromatic carbocycles. The summed E-state index contributed by atoms with van der Waals surface area (Å²) in [6, 6.07) is 14.2. The second-order valence-corrected chi connectivity index (χ2v) is 6.30. The maximum Gasteiger partial charge on any atom is 0.178 e. The van der Waals surface area contributed by atoms with Crippen molar-refractivity contribution in [3.8, 4) is 6.07 Å². The van der Waals surface area contributed by atoms with Gasteiger partial charge in [-0.2, -0.15) is 9.78 Å². The Labute approximate surface area is 145 Å².